The van der Waals surface area contributed by atoms with Gasteiger partial charge in [-0.25, -0.2) is 0 Å². The van der Waals surface area contributed by atoms with Crippen molar-refractivity contribution in [2.45, 2.75) is 44.6 Å². The Bertz CT molecular complexity index is 370. The highest BCUT2D eigenvalue weighted by atomic mass is 16.3. The summed E-state index contributed by atoms with van der Waals surface area (Å²) < 4.78 is 0. The minimum Gasteiger partial charge on any atom is -0.504 e. The average molecular weight is 236 g/mol. The Balaban J connectivity index is 1.96. The summed E-state index contributed by atoms with van der Waals surface area (Å²) in [5, 5.41) is 28.7. The maximum atomic E-state index is 10.1. The van der Waals surface area contributed by atoms with E-state index in [1.54, 1.807) is 6.07 Å². The molecular weight excluding hydrogens is 216 g/mol. The van der Waals surface area contributed by atoms with Gasteiger partial charge in [0, 0.05) is 0 Å². The normalized spacial score (nSPS) is 19.1. The van der Waals surface area contributed by atoms with Crippen molar-refractivity contribution in [1.29, 1.82) is 0 Å². The summed E-state index contributed by atoms with van der Waals surface area (Å²) in [5.74, 6) is 0.166. The zero-order valence-corrected chi connectivity index (χ0v) is 9.97. The van der Waals surface area contributed by atoms with Gasteiger partial charge in [-0.15, -0.1) is 0 Å². The second kappa shape index (κ2) is 5.41. The highest BCUT2D eigenvalue weighted by Crippen LogP contribution is 2.30. The van der Waals surface area contributed by atoms with Gasteiger partial charge >= 0.3 is 0 Å². The lowest BCUT2D eigenvalue weighted by molar-refractivity contribution is 0.0850. The Labute approximate surface area is 102 Å². The largest absolute Gasteiger partial charge is 0.504 e. The maximum Gasteiger partial charge on any atom is 0.157 e. The third-order valence-electron chi connectivity index (χ3n) is 3.68. The fourth-order valence-corrected chi connectivity index (χ4v) is 2.62. The molecule has 94 valence electrons. The third kappa shape index (κ3) is 3.13. The van der Waals surface area contributed by atoms with Crippen LogP contribution in [0.2, 0.25) is 0 Å². The molecular formula is C14H20O3. The molecule has 0 aromatic heterocycles. The summed E-state index contributed by atoms with van der Waals surface area (Å²) >= 11 is 0. The molecule has 0 saturated heterocycles. The van der Waals surface area contributed by atoms with Crippen molar-refractivity contribution in [3.63, 3.8) is 0 Å². The molecule has 1 aromatic rings. The van der Waals surface area contributed by atoms with E-state index in [9.17, 15) is 15.3 Å². The first kappa shape index (κ1) is 12.2. The van der Waals surface area contributed by atoms with Gasteiger partial charge in [0.1, 0.15) is 0 Å². The molecule has 2 rings (SSSR count). The Hall–Kier alpha value is -1.22. The second-order valence-electron chi connectivity index (χ2n) is 4.99. The van der Waals surface area contributed by atoms with Crippen LogP contribution in [0.4, 0.5) is 0 Å². The van der Waals surface area contributed by atoms with Crippen LogP contribution in [0.25, 0.3) is 0 Å². The minimum atomic E-state index is -0.334. The fraction of sp³-hybridized carbons (Fsp3) is 0.571. The molecule has 1 aliphatic rings. The van der Waals surface area contributed by atoms with Crippen molar-refractivity contribution < 1.29 is 15.3 Å². The van der Waals surface area contributed by atoms with Crippen LogP contribution in [0, 0.1) is 5.92 Å². The fourth-order valence-electron chi connectivity index (χ4n) is 2.62. The maximum absolute atomic E-state index is 10.1. The molecule has 1 unspecified atom stereocenters. The van der Waals surface area contributed by atoms with Crippen molar-refractivity contribution in [1.82, 2.24) is 0 Å². The standard InChI is InChI=1S/C14H20O3/c15-12-7-6-10(9-14(12)17)8-13(16)11-4-2-1-3-5-11/h6-7,9,11,13,15-17H,1-5,8H2. The molecule has 1 fully saturated rings. The van der Waals surface area contributed by atoms with E-state index < -0.39 is 0 Å². The van der Waals surface area contributed by atoms with Gasteiger partial charge < -0.3 is 15.3 Å². The Morgan fingerprint density at radius 2 is 1.76 bits per heavy atom. The number of phenols is 2. The molecule has 3 nitrogen and oxygen atoms in total. The van der Waals surface area contributed by atoms with Crippen LogP contribution in [0.5, 0.6) is 11.5 Å². The highest BCUT2D eigenvalue weighted by Gasteiger charge is 2.21. The van der Waals surface area contributed by atoms with Gasteiger partial charge in [-0.2, -0.15) is 0 Å². The Kier molecular flexibility index (Phi) is 3.89. The first-order chi connectivity index (χ1) is 8.16. The number of aromatic hydroxyl groups is 2. The molecule has 1 saturated carbocycles. The topological polar surface area (TPSA) is 60.7 Å². The van der Waals surface area contributed by atoms with Gasteiger partial charge in [-0.05, 0) is 42.9 Å². The van der Waals surface area contributed by atoms with E-state index in [2.05, 4.69) is 0 Å². The predicted molar refractivity (Wildman–Crippen MR) is 66.1 cm³/mol. The molecule has 1 aliphatic carbocycles. The molecule has 3 heteroatoms. The van der Waals surface area contributed by atoms with Crippen LogP contribution in [0.3, 0.4) is 0 Å². The number of hydrogen-bond donors (Lipinski definition) is 3. The Morgan fingerprint density at radius 1 is 1.06 bits per heavy atom. The number of phenolic OH excluding ortho intramolecular Hbond substituents is 2. The van der Waals surface area contributed by atoms with Crippen molar-refractivity contribution in [2.24, 2.45) is 5.92 Å². The van der Waals surface area contributed by atoms with E-state index in [1.165, 1.54) is 31.4 Å². The summed E-state index contributed by atoms with van der Waals surface area (Å²) in [7, 11) is 0. The van der Waals surface area contributed by atoms with Crippen LogP contribution in [0.1, 0.15) is 37.7 Å². The lowest BCUT2D eigenvalue weighted by Crippen LogP contribution is -2.24. The Morgan fingerprint density at radius 3 is 2.41 bits per heavy atom. The predicted octanol–water partition coefficient (Wildman–Crippen LogP) is 2.58. The average Bonchev–Trinajstić information content (AvgIpc) is 2.35. The summed E-state index contributed by atoms with van der Waals surface area (Å²) in [5.41, 5.74) is 0.873. The van der Waals surface area contributed by atoms with Crippen molar-refractivity contribution >= 4 is 0 Å². The van der Waals surface area contributed by atoms with Crippen molar-refractivity contribution in [2.75, 3.05) is 0 Å². The lowest BCUT2D eigenvalue weighted by atomic mass is 9.83. The summed E-state index contributed by atoms with van der Waals surface area (Å²) in [6.45, 7) is 0. The molecule has 0 heterocycles. The van der Waals surface area contributed by atoms with Gasteiger partial charge in [-0.1, -0.05) is 25.3 Å². The van der Waals surface area contributed by atoms with Gasteiger partial charge in [0.25, 0.3) is 0 Å². The van der Waals surface area contributed by atoms with E-state index in [0.29, 0.717) is 12.3 Å². The minimum absolute atomic E-state index is 0.110. The van der Waals surface area contributed by atoms with Crippen LogP contribution < -0.4 is 0 Å². The number of rotatable bonds is 3. The molecule has 0 amide bonds. The molecule has 0 spiro atoms. The number of aliphatic hydroxyl groups is 1. The highest BCUT2D eigenvalue weighted by molar-refractivity contribution is 5.40. The molecule has 0 radical (unpaired) electrons. The lowest BCUT2D eigenvalue weighted by Gasteiger charge is -2.26. The summed E-state index contributed by atoms with van der Waals surface area (Å²) in [4.78, 5) is 0. The molecule has 0 bridgehead atoms. The third-order valence-corrected chi connectivity index (χ3v) is 3.68. The van der Waals surface area contributed by atoms with Gasteiger partial charge in [-0.3, -0.25) is 0 Å². The van der Waals surface area contributed by atoms with E-state index in [0.717, 1.165) is 18.4 Å². The number of hydrogen-bond acceptors (Lipinski definition) is 3. The number of aliphatic hydroxyl groups excluding tert-OH is 1. The van der Waals surface area contributed by atoms with Crippen LogP contribution in [-0.4, -0.2) is 21.4 Å². The van der Waals surface area contributed by atoms with Crippen LogP contribution >= 0.6 is 0 Å². The first-order valence-electron chi connectivity index (χ1n) is 6.36. The number of benzene rings is 1. The SMILES string of the molecule is Oc1ccc(CC(O)C2CCCCC2)cc1O. The van der Waals surface area contributed by atoms with Crippen molar-refractivity contribution in [3.8, 4) is 11.5 Å². The zero-order valence-electron chi connectivity index (χ0n) is 9.97. The van der Waals surface area contributed by atoms with E-state index in [1.807, 2.05) is 0 Å². The van der Waals surface area contributed by atoms with Crippen LogP contribution in [-0.2, 0) is 6.42 Å². The van der Waals surface area contributed by atoms with E-state index >= 15 is 0 Å². The molecule has 17 heavy (non-hydrogen) atoms. The second-order valence-corrected chi connectivity index (χ2v) is 4.99. The summed E-state index contributed by atoms with van der Waals surface area (Å²) in [6, 6.07) is 4.75. The van der Waals surface area contributed by atoms with Crippen molar-refractivity contribution in [3.05, 3.63) is 23.8 Å². The monoisotopic (exact) mass is 236 g/mol. The quantitative estimate of drug-likeness (QED) is 0.707. The summed E-state index contributed by atoms with van der Waals surface area (Å²) in [6.07, 6.45) is 6.13. The first-order valence-corrected chi connectivity index (χ1v) is 6.36. The van der Waals surface area contributed by atoms with Gasteiger partial charge in [0.2, 0.25) is 0 Å². The molecule has 1 aromatic carbocycles. The van der Waals surface area contributed by atoms with E-state index in [4.69, 9.17) is 0 Å². The molecule has 1 atom stereocenters. The zero-order chi connectivity index (χ0) is 12.3. The molecule has 0 aliphatic heterocycles. The van der Waals surface area contributed by atoms with Gasteiger partial charge in [0.05, 0.1) is 6.10 Å². The van der Waals surface area contributed by atoms with E-state index in [-0.39, 0.29) is 17.6 Å². The molecule has 3 N–H and O–H groups in total. The van der Waals surface area contributed by atoms with Gasteiger partial charge in [0.15, 0.2) is 11.5 Å². The smallest absolute Gasteiger partial charge is 0.157 e. The van der Waals surface area contributed by atoms with Crippen LogP contribution in [0.15, 0.2) is 18.2 Å².